The number of aromatic nitrogens is 3. The molecule has 0 fully saturated rings. The summed E-state index contributed by atoms with van der Waals surface area (Å²) < 4.78 is 3.94. The van der Waals surface area contributed by atoms with Crippen LogP contribution in [0.5, 0.6) is 0 Å². The summed E-state index contributed by atoms with van der Waals surface area (Å²) in [4.78, 5) is 10.5. The highest BCUT2D eigenvalue weighted by molar-refractivity contribution is 6.32. The van der Waals surface area contributed by atoms with Crippen molar-refractivity contribution in [1.82, 2.24) is 15.0 Å². The summed E-state index contributed by atoms with van der Waals surface area (Å²) in [5.74, 6) is 0.125. The summed E-state index contributed by atoms with van der Waals surface area (Å²) in [5, 5.41) is 15.4. The highest BCUT2D eigenvalue weighted by Gasteiger charge is 1.93. The number of nitrogen functional groups attached to an aromatic ring is 3. The van der Waals surface area contributed by atoms with E-state index in [0.717, 1.165) is 0 Å². The molecule has 0 amide bonds. The molecule has 1 rings (SSSR count). The zero-order valence-electron chi connectivity index (χ0n) is 7.29. The van der Waals surface area contributed by atoms with Crippen LogP contribution in [0.3, 0.4) is 0 Å². The van der Waals surface area contributed by atoms with Crippen LogP contribution in [0, 0.1) is 0 Å². The first-order valence-electron chi connectivity index (χ1n) is 3.42. The molecule has 0 spiro atoms. The Hall–Kier alpha value is -1.58. The van der Waals surface area contributed by atoms with Gasteiger partial charge in [-0.15, -0.1) is 0 Å². The van der Waals surface area contributed by atoms with Gasteiger partial charge in [0.05, 0.1) is 0 Å². The molecule has 0 saturated heterocycles. The van der Waals surface area contributed by atoms with Gasteiger partial charge >= 0.3 is 15.4 Å². The molecule has 14 heavy (non-hydrogen) atoms. The van der Waals surface area contributed by atoms with E-state index in [0.29, 0.717) is 0 Å². The van der Waals surface area contributed by atoms with Gasteiger partial charge in [-0.25, -0.2) is 0 Å². The van der Waals surface area contributed by atoms with E-state index in [2.05, 4.69) is 19.5 Å². The second-order valence-electron chi connectivity index (χ2n) is 1.87. The Morgan fingerprint density at radius 3 is 1.29 bits per heavy atom. The zero-order valence-corrected chi connectivity index (χ0v) is 7.29. The molecule has 0 radical (unpaired) electrons. The van der Waals surface area contributed by atoms with E-state index in [1.165, 1.54) is 0 Å². The lowest BCUT2D eigenvalue weighted by Crippen LogP contribution is -2.05. The van der Waals surface area contributed by atoms with Crippen molar-refractivity contribution in [3.8, 4) is 0 Å². The fourth-order valence-corrected chi connectivity index (χ4v) is 0.468. The number of anilines is 3. The second-order valence-corrected chi connectivity index (χ2v) is 1.87. The standard InChI is InChI=1S/C3H6N6.B2H4O3/c4-1-7-2(5)9-3(6)8-1;3-1-5-2-4/h(H6,4,5,6,7,8,9);1-4H. The normalized spacial score (nSPS) is 8.43. The Morgan fingerprint density at radius 1 is 0.857 bits per heavy atom. The zero-order chi connectivity index (χ0) is 11.0. The van der Waals surface area contributed by atoms with Crippen molar-refractivity contribution in [3.63, 3.8) is 0 Å². The second kappa shape index (κ2) is 6.88. The quantitative estimate of drug-likeness (QED) is 0.300. The van der Waals surface area contributed by atoms with Crippen molar-refractivity contribution < 1.29 is 14.6 Å². The molecular formula is C3H10B2N6O3. The minimum Gasteiger partial charge on any atom is -0.457 e. The van der Waals surface area contributed by atoms with Crippen LogP contribution < -0.4 is 17.2 Å². The lowest BCUT2D eigenvalue weighted by molar-refractivity contribution is 0.408. The van der Waals surface area contributed by atoms with Gasteiger partial charge in [0.15, 0.2) is 0 Å². The van der Waals surface area contributed by atoms with E-state index in [9.17, 15) is 0 Å². The topological polar surface area (TPSA) is 166 Å². The van der Waals surface area contributed by atoms with Crippen LogP contribution in [-0.4, -0.2) is 40.4 Å². The van der Waals surface area contributed by atoms with E-state index in [1.807, 2.05) is 0 Å². The highest BCUT2D eigenvalue weighted by Crippen LogP contribution is 1.97. The van der Waals surface area contributed by atoms with Crippen LogP contribution in [0.15, 0.2) is 0 Å². The minimum atomic E-state index is -0.406. The van der Waals surface area contributed by atoms with Gasteiger partial charge in [0, 0.05) is 0 Å². The number of nitrogens with zero attached hydrogens (tertiary/aromatic N) is 3. The number of rotatable bonds is 2. The molecule has 0 aliphatic carbocycles. The van der Waals surface area contributed by atoms with E-state index in [1.54, 1.807) is 0 Å². The first-order chi connectivity index (χ1) is 6.60. The minimum absolute atomic E-state index is 0.0417. The van der Waals surface area contributed by atoms with Gasteiger partial charge in [0.25, 0.3) is 0 Å². The molecule has 11 heteroatoms. The Kier molecular flexibility index (Phi) is 6.11. The van der Waals surface area contributed by atoms with Crippen LogP contribution in [0.1, 0.15) is 0 Å². The van der Waals surface area contributed by atoms with Gasteiger partial charge in [-0.2, -0.15) is 15.0 Å². The third-order valence-electron chi connectivity index (χ3n) is 0.870. The number of hydrogen-bond acceptors (Lipinski definition) is 9. The van der Waals surface area contributed by atoms with Crippen molar-refractivity contribution in [2.24, 2.45) is 0 Å². The van der Waals surface area contributed by atoms with Crippen LogP contribution in [0.4, 0.5) is 17.8 Å². The maximum absolute atomic E-state index is 7.68. The predicted octanol–water partition coefficient (Wildman–Crippen LogP) is -3.86. The predicted molar refractivity (Wildman–Crippen MR) is 52.9 cm³/mol. The average molecular weight is 200 g/mol. The smallest absolute Gasteiger partial charge is 0.421 e. The molecule has 0 aliphatic heterocycles. The van der Waals surface area contributed by atoms with E-state index in [4.69, 9.17) is 27.2 Å². The summed E-state index contributed by atoms with van der Waals surface area (Å²) in [6, 6.07) is 0. The summed E-state index contributed by atoms with van der Waals surface area (Å²) in [7, 11) is -0.812. The van der Waals surface area contributed by atoms with Crippen LogP contribution >= 0.6 is 0 Å². The first-order valence-corrected chi connectivity index (χ1v) is 3.42. The summed E-state index contributed by atoms with van der Waals surface area (Å²) in [6.07, 6.45) is 0. The van der Waals surface area contributed by atoms with Gasteiger partial charge in [0.2, 0.25) is 17.8 Å². The molecule has 0 saturated carbocycles. The Bertz CT molecular complexity index is 222. The molecule has 0 aromatic carbocycles. The molecule has 0 unspecified atom stereocenters. The highest BCUT2D eigenvalue weighted by atomic mass is 16.5. The number of nitrogens with two attached hydrogens (primary N) is 3. The molecule has 0 aliphatic rings. The van der Waals surface area contributed by atoms with Crippen molar-refractivity contribution in [2.75, 3.05) is 17.2 Å². The van der Waals surface area contributed by atoms with Gasteiger partial charge in [-0.1, -0.05) is 0 Å². The average Bonchev–Trinajstić information content (AvgIpc) is 2.03. The molecule has 1 heterocycles. The summed E-state index contributed by atoms with van der Waals surface area (Å²) >= 11 is 0. The van der Waals surface area contributed by atoms with Gasteiger partial charge in [0.1, 0.15) is 0 Å². The fourth-order valence-electron chi connectivity index (χ4n) is 0.468. The van der Waals surface area contributed by atoms with Crippen LogP contribution in [0.25, 0.3) is 0 Å². The van der Waals surface area contributed by atoms with Crippen molar-refractivity contribution >= 4 is 33.2 Å². The largest absolute Gasteiger partial charge is 0.457 e. The van der Waals surface area contributed by atoms with E-state index in [-0.39, 0.29) is 17.8 Å². The molecule has 1 aromatic heterocycles. The fraction of sp³-hybridized carbons (Fsp3) is 0. The van der Waals surface area contributed by atoms with Crippen LogP contribution in [-0.2, 0) is 4.57 Å². The lowest BCUT2D eigenvalue weighted by Gasteiger charge is -1.93. The van der Waals surface area contributed by atoms with Crippen LogP contribution in [0.2, 0.25) is 0 Å². The van der Waals surface area contributed by atoms with Crippen molar-refractivity contribution in [1.29, 1.82) is 0 Å². The molecule has 9 nitrogen and oxygen atoms in total. The Labute approximate surface area is 80.9 Å². The Morgan fingerprint density at radius 2 is 1.14 bits per heavy atom. The SMILES string of the molecule is Nc1nc(N)nc(N)n1.OBOBO. The summed E-state index contributed by atoms with van der Waals surface area (Å²) in [6.45, 7) is 0. The van der Waals surface area contributed by atoms with E-state index < -0.39 is 15.4 Å². The monoisotopic (exact) mass is 200 g/mol. The van der Waals surface area contributed by atoms with E-state index >= 15 is 0 Å². The third-order valence-corrected chi connectivity index (χ3v) is 0.870. The van der Waals surface area contributed by atoms with Crippen molar-refractivity contribution in [3.05, 3.63) is 0 Å². The maximum Gasteiger partial charge on any atom is 0.421 e. The van der Waals surface area contributed by atoms with Gasteiger partial charge in [-0.05, 0) is 0 Å². The first kappa shape index (κ1) is 12.4. The third kappa shape index (κ3) is 5.99. The molecule has 1 aromatic rings. The summed E-state index contributed by atoms with van der Waals surface area (Å²) in [5.41, 5.74) is 15.4. The maximum atomic E-state index is 7.68. The molecule has 8 N–H and O–H groups in total. The van der Waals surface area contributed by atoms with Gasteiger partial charge < -0.3 is 31.8 Å². The molecular weight excluding hydrogens is 190 g/mol. The molecule has 0 bridgehead atoms. The Balaban J connectivity index is 0.000000292. The molecule has 0 atom stereocenters. The van der Waals surface area contributed by atoms with Gasteiger partial charge in [-0.3, -0.25) is 0 Å². The molecule has 76 valence electrons. The number of hydrogen-bond donors (Lipinski definition) is 5. The van der Waals surface area contributed by atoms with Crippen molar-refractivity contribution in [2.45, 2.75) is 0 Å². The lowest BCUT2D eigenvalue weighted by atomic mass is 10.3.